The molecule has 0 bridgehead atoms. The van der Waals surface area contributed by atoms with Gasteiger partial charge in [-0.05, 0) is 24.3 Å². The fourth-order valence-electron chi connectivity index (χ4n) is 2.11. The Bertz CT molecular complexity index is 966. The van der Waals surface area contributed by atoms with E-state index in [1.807, 2.05) is 0 Å². The van der Waals surface area contributed by atoms with Gasteiger partial charge in [-0.1, -0.05) is 35.5 Å². The lowest BCUT2D eigenvalue weighted by atomic mass is 10.2. The number of nitrogens with two attached hydrogens (primary N) is 1. The molecule has 0 aliphatic heterocycles. The van der Waals surface area contributed by atoms with Crippen molar-refractivity contribution in [3.63, 3.8) is 0 Å². The van der Waals surface area contributed by atoms with Gasteiger partial charge in [0.15, 0.2) is 5.82 Å². The van der Waals surface area contributed by atoms with Gasteiger partial charge in [0, 0.05) is 11.6 Å². The summed E-state index contributed by atoms with van der Waals surface area (Å²) in [5.41, 5.74) is 0.365. The van der Waals surface area contributed by atoms with E-state index in [4.69, 9.17) is 17.4 Å². The number of carbonyl (C=O) groups excluding carboxylic acids is 1. The second kappa shape index (κ2) is 7.71. The second-order valence-corrected chi connectivity index (χ2v) is 6.47. The fourth-order valence-corrected chi connectivity index (χ4v) is 2.99. The molecule has 1 aromatic heterocycles. The van der Waals surface area contributed by atoms with Crippen LogP contribution in [0.25, 0.3) is 11.4 Å². The molecular formula is C16H12ClF2N5OS. The van der Waals surface area contributed by atoms with Gasteiger partial charge in [-0.25, -0.2) is 13.5 Å². The number of nitrogens with one attached hydrogen (secondary N) is 1. The number of nitrogens with zero attached hydrogens (tertiary/aromatic N) is 3. The number of hydrogen-bond donors (Lipinski definition) is 2. The highest BCUT2D eigenvalue weighted by atomic mass is 35.5. The van der Waals surface area contributed by atoms with Crippen molar-refractivity contribution in [3.05, 3.63) is 59.1 Å². The van der Waals surface area contributed by atoms with Gasteiger partial charge >= 0.3 is 0 Å². The zero-order valence-electron chi connectivity index (χ0n) is 13.1. The number of anilines is 1. The maximum Gasteiger partial charge on any atom is 0.234 e. The molecule has 0 saturated carbocycles. The van der Waals surface area contributed by atoms with Crippen molar-refractivity contribution in [1.29, 1.82) is 0 Å². The lowest BCUT2D eigenvalue weighted by Gasteiger charge is -2.07. The van der Waals surface area contributed by atoms with E-state index >= 15 is 0 Å². The zero-order valence-corrected chi connectivity index (χ0v) is 14.7. The zero-order chi connectivity index (χ0) is 18.7. The molecule has 0 fully saturated rings. The van der Waals surface area contributed by atoms with Crippen LogP contribution in [-0.4, -0.2) is 26.5 Å². The lowest BCUT2D eigenvalue weighted by molar-refractivity contribution is -0.113. The van der Waals surface area contributed by atoms with E-state index in [2.05, 4.69) is 15.5 Å². The van der Waals surface area contributed by atoms with Crippen LogP contribution < -0.4 is 11.2 Å². The van der Waals surface area contributed by atoms with Crippen LogP contribution in [0.4, 0.5) is 14.5 Å². The van der Waals surface area contributed by atoms with Gasteiger partial charge < -0.3 is 11.2 Å². The molecule has 2 aromatic carbocycles. The second-order valence-electron chi connectivity index (χ2n) is 5.12. The molecule has 0 unspecified atom stereocenters. The largest absolute Gasteiger partial charge is 0.335 e. The molecule has 3 N–H and O–H groups in total. The van der Waals surface area contributed by atoms with Crippen LogP contribution in [-0.2, 0) is 4.79 Å². The first-order valence-electron chi connectivity index (χ1n) is 7.29. The van der Waals surface area contributed by atoms with E-state index < -0.39 is 17.5 Å². The minimum absolute atomic E-state index is 0.117. The maximum atomic E-state index is 13.5. The molecule has 134 valence electrons. The molecule has 0 atom stereocenters. The number of benzene rings is 2. The van der Waals surface area contributed by atoms with Gasteiger partial charge in [-0.3, -0.25) is 4.79 Å². The van der Waals surface area contributed by atoms with Gasteiger partial charge in [0.1, 0.15) is 11.6 Å². The Labute approximate surface area is 156 Å². The smallest absolute Gasteiger partial charge is 0.234 e. The van der Waals surface area contributed by atoms with Gasteiger partial charge in [-0.15, -0.1) is 10.2 Å². The molecule has 0 aliphatic rings. The summed E-state index contributed by atoms with van der Waals surface area (Å²) >= 11 is 7.11. The third kappa shape index (κ3) is 3.94. The van der Waals surface area contributed by atoms with E-state index in [0.29, 0.717) is 16.4 Å². The summed E-state index contributed by atoms with van der Waals surface area (Å²) in [7, 11) is 0. The van der Waals surface area contributed by atoms with Crippen LogP contribution in [0.5, 0.6) is 0 Å². The lowest BCUT2D eigenvalue weighted by Crippen LogP contribution is -2.17. The Morgan fingerprint density at radius 3 is 2.77 bits per heavy atom. The molecule has 10 heteroatoms. The molecule has 26 heavy (non-hydrogen) atoms. The number of rotatable bonds is 5. The topological polar surface area (TPSA) is 85.8 Å². The van der Waals surface area contributed by atoms with Crippen molar-refractivity contribution in [2.75, 3.05) is 16.9 Å². The first-order chi connectivity index (χ1) is 12.5. The fraction of sp³-hybridized carbons (Fsp3) is 0.0625. The van der Waals surface area contributed by atoms with E-state index in [1.54, 1.807) is 24.3 Å². The monoisotopic (exact) mass is 395 g/mol. The summed E-state index contributed by atoms with van der Waals surface area (Å²) in [5.74, 6) is 4.26. The third-order valence-electron chi connectivity index (χ3n) is 3.31. The maximum absolute atomic E-state index is 13.5. The quantitative estimate of drug-likeness (QED) is 0.511. The van der Waals surface area contributed by atoms with Gasteiger partial charge in [0.25, 0.3) is 0 Å². The van der Waals surface area contributed by atoms with Crippen LogP contribution in [0.1, 0.15) is 0 Å². The van der Waals surface area contributed by atoms with Crippen molar-refractivity contribution in [2.24, 2.45) is 0 Å². The summed E-state index contributed by atoms with van der Waals surface area (Å²) < 4.78 is 27.9. The SMILES string of the molecule is Nn1c(SCC(=O)Nc2cc(F)ccc2F)nnc1-c1ccccc1Cl. The first-order valence-corrected chi connectivity index (χ1v) is 8.65. The summed E-state index contributed by atoms with van der Waals surface area (Å²) in [5, 5.41) is 10.9. The molecule has 1 heterocycles. The predicted octanol–water partition coefficient (Wildman–Crippen LogP) is 3.32. The standard InChI is InChI=1S/C16H12ClF2N5OS/c17-11-4-2-1-3-10(11)15-22-23-16(24(15)20)26-8-14(25)21-13-7-9(18)5-6-12(13)19/h1-7H,8,20H2,(H,21,25). The van der Waals surface area contributed by atoms with E-state index in [1.165, 1.54) is 4.68 Å². The van der Waals surface area contributed by atoms with Crippen LogP contribution in [0.2, 0.25) is 5.02 Å². The molecule has 0 radical (unpaired) electrons. The molecular weight excluding hydrogens is 384 g/mol. The summed E-state index contributed by atoms with van der Waals surface area (Å²) in [6.07, 6.45) is 0. The van der Waals surface area contributed by atoms with Crippen molar-refractivity contribution in [2.45, 2.75) is 5.16 Å². The van der Waals surface area contributed by atoms with Crippen molar-refractivity contribution in [3.8, 4) is 11.4 Å². The van der Waals surface area contributed by atoms with E-state index in [-0.39, 0.29) is 16.6 Å². The highest BCUT2D eigenvalue weighted by Crippen LogP contribution is 2.27. The third-order valence-corrected chi connectivity index (χ3v) is 4.59. The minimum Gasteiger partial charge on any atom is -0.335 e. The number of amides is 1. The number of nitrogen functional groups attached to an aromatic ring is 1. The first kappa shape index (κ1) is 18.2. The Morgan fingerprint density at radius 1 is 1.23 bits per heavy atom. The Balaban J connectivity index is 1.68. The predicted molar refractivity (Wildman–Crippen MR) is 96.3 cm³/mol. The molecule has 0 saturated heterocycles. The minimum atomic E-state index is -0.729. The number of aromatic nitrogens is 3. The van der Waals surface area contributed by atoms with Crippen molar-refractivity contribution in [1.82, 2.24) is 14.9 Å². The Hall–Kier alpha value is -2.65. The van der Waals surface area contributed by atoms with Crippen molar-refractivity contribution >= 4 is 35.0 Å². The molecule has 1 amide bonds. The highest BCUT2D eigenvalue weighted by Gasteiger charge is 2.16. The van der Waals surface area contributed by atoms with Gasteiger partial charge in [0.05, 0.1) is 16.5 Å². The number of halogens is 3. The normalized spacial score (nSPS) is 10.7. The van der Waals surface area contributed by atoms with E-state index in [9.17, 15) is 13.6 Å². The molecule has 6 nitrogen and oxygen atoms in total. The summed E-state index contributed by atoms with van der Waals surface area (Å²) in [6, 6.07) is 9.79. The molecule has 3 rings (SSSR count). The summed E-state index contributed by atoms with van der Waals surface area (Å²) in [6.45, 7) is 0. The van der Waals surface area contributed by atoms with Gasteiger partial charge in [0.2, 0.25) is 11.1 Å². The Morgan fingerprint density at radius 2 is 2.00 bits per heavy atom. The van der Waals surface area contributed by atoms with Crippen LogP contribution >= 0.6 is 23.4 Å². The number of hydrogen-bond acceptors (Lipinski definition) is 5. The molecule has 0 aliphatic carbocycles. The van der Waals surface area contributed by atoms with Crippen LogP contribution in [0, 0.1) is 11.6 Å². The number of thioether (sulfide) groups is 1. The number of carbonyl (C=O) groups is 1. The highest BCUT2D eigenvalue weighted by molar-refractivity contribution is 7.99. The molecule has 3 aromatic rings. The Kier molecular flexibility index (Phi) is 5.38. The van der Waals surface area contributed by atoms with Gasteiger partial charge in [-0.2, -0.15) is 0 Å². The van der Waals surface area contributed by atoms with Crippen LogP contribution in [0.15, 0.2) is 47.6 Å². The average Bonchev–Trinajstić information content (AvgIpc) is 2.97. The van der Waals surface area contributed by atoms with Crippen molar-refractivity contribution < 1.29 is 13.6 Å². The average molecular weight is 396 g/mol. The van der Waals surface area contributed by atoms with Crippen LogP contribution in [0.3, 0.4) is 0 Å². The molecule has 0 spiro atoms. The van der Waals surface area contributed by atoms with E-state index in [0.717, 1.165) is 30.0 Å². The summed E-state index contributed by atoms with van der Waals surface area (Å²) in [4.78, 5) is 12.0.